The van der Waals surface area contributed by atoms with Crippen LogP contribution in [0.1, 0.15) is 188 Å². The molecule has 0 radical (unpaired) electrons. The van der Waals surface area contributed by atoms with Crippen LogP contribution in [0.4, 0.5) is 0 Å². The number of hydrogen-bond acceptors (Lipinski definition) is 4. The Kier molecular flexibility index (Phi) is 28.8. The van der Waals surface area contributed by atoms with Gasteiger partial charge in [-0.3, -0.25) is 14.1 Å². The van der Waals surface area contributed by atoms with Gasteiger partial charge in [0.05, 0.1) is 0 Å². The number of nitrogens with zero attached hydrogens (tertiary/aromatic N) is 2. The molecule has 0 fully saturated rings. The molecule has 256 valence electrons. The van der Waals surface area contributed by atoms with E-state index in [9.17, 15) is 22.6 Å². The molecule has 0 saturated heterocycles. The number of hydrogen-bond donors (Lipinski definition) is 1. The Morgan fingerprint density at radius 1 is 0.465 bits per heavy atom. The maximum Gasteiger partial charge on any atom is 0.283 e. The fourth-order valence-electron chi connectivity index (χ4n) is 5.71. The Hall–Kier alpha value is -1.15. The first-order valence-corrected chi connectivity index (χ1v) is 19.9. The number of rotatable bonds is 32. The average Bonchev–Trinajstić information content (AvgIpc) is 2.97. The predicted molar refractivity (Wildman–Crippen MR) is 182 cm³/mol. The average molecular weight is 631 g/mol. The van der Waals surface area contributed by atoms with Gasteiger partial charge in [0.25, 0.3) is 10.1 Å². The number of carbonyl (C=O) groups is 2. The minimum atomic E-state index is -4.33. The van der Waals surface area contributed by atoms with Crippen LogP contribution in [0.5, 0.6) is 0 Å². The molecule has 0 atom stereocenters. The topological polar surface area (TPSA) is 95.0 Å². The molecule has 0 heterocycles. The second kappa shape index (κ2) is 29.6. The van der Waals surface area contributed by atoms with E-state index in [0.29, 0.717) is 19.4 Å². The second-order valence-electron chi connectivity index (χ2n) is 12.6. The van der Waals surface area contributed by atoms with E-state index in [1.165, 1.54) is 120 Å². The Balaban J connectivity index is 4.18. The molecular weight excluding hydrogens is 560 g/mol. The van der Waals surface area contributed by atoms with Crippen LogP contribution < -0.4 is 0 Å². The van der Waals surface area contributed by atoms with Gasteiger partial charge in [-0.2, -0.15) is 8.42 Å². The Bertz CT molecular complexity index is 759. The van der Waals surface area contributed by atoms with Crippen molar-refractivity contribution in [3.63, 3.8) is 0 Å². The summed E-state index contributed by atoms with van der Waals surface area (Å²) in [5, 5.41) is 0. The number of unbranched alkanes of at least 4 members (excludes halogenated alkanes) is 22. The standard InChI is InChI=1S/C35H70N2O5S/c1-4-7-9-11-13-15-17-19-21-23-25-27-29-34(38)36(6-3)31-32-37(33-43(40,41)42)35(39)30-28-26-24-22-20-18-16-14-12-10-8-5-2/h4-33H2,1-3H3,(H,40,41,42). The van der Waals surface area contributed by atoms with Gasteiger partial charge in [0.2, 0.25) is 11.8 Å². The van der Waals surface area contributed by atoms with Crippen LogP contribution in [0.3, 0.4) is 0 Å². The second-order valence-corrected chi connectivity index (χ2v) is 14.0. The summed E-state index contributed by atoms with van der Waals surface area (Å²) in [6.07, 6.45) is 30.1. The van der Waals surface area contributed by atoms with Crippen molar-refractivity contribution in [1.82, 2.24) is 9.80 Å². The quantitative estimate of drug-likeness (QED) is 0.0590. The third kappa shape index (κ3) is 28.1. The van der Waals surface area contributed by atoms with Crippen LogP contribution >= 0.6 is 0 Å². The molecule has 0 aromatic rings. The fraction of sp³-hybridized carbons (Fsp3) is 0.943. The Morgan fingerprint density at radius 2 is 0.744 bits per heavy atom. The third-order valence-corrected chi connectivity index (χ3v) is 9.17. The van der Waals surface area contributed by atoms with Gasteiger partial charge in [-0.1, -0.05) is 155 Å². The zero-order chi connectivity index (χ0) is 32.0. The summed E-state index contributed by atoms with van der Waals surface area (Å²) < 4.78 is 32.6. The third-order valence-electron chi connectivity index (χ3n) is 8.53. The summed E-state index contributed by atoms with van der Waals surface area (Å²) in [7, 11) is -4.33. The first-order valence-electron chi connectivity index (χ1n) is 18.3. The lowest BCUT2D eigenvalue weighted by Gasteiger charge is -2.26. The fourth-order valence-corrected chi connectivity index (χ4v) is 6.38. The highest BCUT2D eigenvalue weighted by Crippen LogP contribution is 2.15. The van der Waals surface area contributed by atoms with Gasteiger partial charge in [-0.05, 0) is 19.8 Å². The first-order chi connectivity index (χ1) is 20.7. The van der Waals surface area contributed by atoms with E-state index in [2.05, 4.69) is 13.8 Å². The normalized spacial score (nSPS) is 11.6. The zero-order valence-electron chi connectivity index (χ0n) is 28.6. The molecule has 0 aromatic heterocycles. The molecule has 0 bridgehead atoms. The molecule has 0 saturated carbocycles. The van der Waals surface area contributed by atoms with Crippen molar-refractivity contribution in [2.24, 2.45) is 0 Å². The molecule has 1 N–H and O–H groups in total. The SMILES string of the molecule is CCCCCCCCCCCCCCC(=O)N(CC)CCN(CS(=O)(=O)O)C(=O)CCCCCCCCCCCCCC. The molecule has 7 nitrogen and oxygen atoms in total. The van der Waals surface area contributed by atoms with Crippen LogP contribution in [-0.2, 0) is 19.7 Å². The van der Waals surface area contributed by atoms with Crippen molar-refractivity contribution in [3.05, 3.63) is 0 Å². The molecule has 0 aromatic carbocycles. The van der Waals surface area contributed by atoms with Crippen molar-refractivity contribution >= 4 is 21.9 Å². The number of carbonyl (C=O) groups excluding carboxylic acids is 2. The highest BCUT2D eigenvalue weighted by Gasteiger charge is 2.21. The molecule has 2 amide bonds. The molecule has 0 spiro atoms. The monoisotopic (exact) mass is 631 g/mol. The van der Waals surface area contributed by atoms with Gasteiger partial charge >= 0.3 is 0 Å². The molecule has 0 aliphatic heterocycles. The maximum atomic E-state index is 12.8. The highest BCUT2D eigenvalue weighted by molar-refractivity contribution is 7.85. The van der Waals surface area contributed by atoms with Gasteiger partial charge < -0.3 is 9.80 Å². The van der Waals surface area contributed by atoms with Crippen LogP contribution in [0.15, 0.2) is 0 Å². The van der Waals surface area contributed by atoms with E-state index < -0.39 is 16.0 Å². The lowest BCUT2D eigenvalue weighted by Crippen LogP contribution is -2.43. The van der Waals surface area contributed by atoms with Gasteiger partial charge in [-0.25, -0.2) is 0 Å². The van der Waals surface area contributed by atoms with Crippen molar-refractivity contribution < 1.29 is 22.6 Å². The van der Waals surface area contributed by atoms with Crippen molar-refractivity contribution in [2.45, 2.75) is 188 Å². The largest absolute Gasteiger partial charge is 0.341 e. The number of amides is 2. The van der Waals surface area contributed by atoms with Crippen LogP contribution in [0.2, 0.25) is 0 Å². The van der Waals surface area contributed by atoms with Crippen LogP contribution in [0, 0.1) is 0 Å². The molecule has 0 aliphatic carbocycles. The summed E-state index contributed by atoms with van der Waals surface area (Å²) >= 11 is 0. The highest BCUT2D eigenvalue weighted by atomic mass is 32.2. The van der Waals surface area contributed by atoms with Crippen molar-refractivity contribution in [2.75, 3.05) is 25.5 Å². The van der Waals surface area contributed by atoms with Gasteiger partial charge in [0.15, 0.2) is 0 Å². The molecular formula is C35H70N2O5S. The summed E-state index contributed by atoms with van der Waals surface area (Å²) in [5.74, 6) is -0.932. The summed E-state index contributed by atoms with van der Waals surface area (Å²) in [4.78, 5) is 28.5. The first kappa shape index (κ1) is 41.9. The van der Waals surface area contributed by atoms with Crippen LogP contribution in [-0.4, -0.2) is 60.1 Å². The predicted octanol–water partition coefficient (Wildman–Crippen LogP) is 9.69. The van der Waals surface area contributed by atoms with E-state index >= 15 is 0 Å². The van der Waals surface area contributed by atoms with Crippen LogP contribution in [0.25, 0.3) is 0 Å². The molecule has 43 heavy (non-hydrogen) atoms. The van der Waals surface area contributed by atoms with Gasteiger partial charge in [0, 0.05) is 32.5 Å². The minimum Gasteiger partial charge on any atom is -0.341 e. The lowest BCUT2D eigenvalue weighted by molar-refractivity contribution is -0.134. The molecule has 0 aliphatic rings. The Morgan fingerprint density at radius 3 is 1.05 bits per heavy atom. The summed E-state index contributed by atoms with van der Waals surface area (Å²) in [6.45, 7) is 7.32. The van der Waals surface area contributed by atoms with E-state index in [0.717, 1.165) is 32.1 Å². The van der Waals surface area contributed by atoms with Gasteiger partial charge in [0.1, 0.15) is 5.88 Å². The zero-order valence-corrected chi connectivity index (χ0v) is 29.4. The molecule has 8 heteroatoms. The van der Waals surface area contributed by atoms with E-state index in [1.807, 2.05) is 6.92 Å². The van der Waals surface area contributed by atoms with Crippen molar-refractivity contribution in [1.29, 1.82) is 0 Å². The van der Waals surface area contributed by atoms with E-state index in [-0.39, 0.29) is 31.3 Å². The van der Waals surface area contributed by atoms with E-state index in [1.54, 1.807) is 4.90 Å². The smallest absolute Gasteiger partial charge is 0.283 e. The van der Waals surface area contributed by atoms with E-state index in [4.69, 9.17) is 0 Å². The Labute approximate surface area is 267 Å². The van der Waals surface area contributed by atoms with Crippen molar-refractivity contribution in [3.8, 4) is 0 Å². The summed E-state index contributed by atoms with van der Waals surface area (Å²) in [5.41, 5.74) is 0. The minimum absolute atomic E-state index is 0.0507. The lowest BCUT2D eigenvalue weighted by atomic mass is 10.0. The van der Waals surface area contributed by atoms with Gasteiger partial charge in [-0.15, -0.1) is 0 Å². The molecule has 0 unspecified atom stereocenters. The maximum absolute atomic E-state index is 12.8. The number of likely N-dealkylation sites (N-methyl/N-ethyl adjacent to an activating group) is 1. The molecule has 0 rings (SSSR count). The summed E-state index contributed by atoms with van der Waals surface area (Å²) in [6, 6.07) is 0.